The summed E-state index contributed by atoms with van der Waals surface area (Å²) in [5, 5.41) is 0. The van der Waals surface area contributed by atoms with Crippen LogP contribution in [0.3, 0.4) is 0 Å². The van der Waals surface area contributed by atoms with Gasteiger partial charge < -0.3 is 4.90 Å². The second-order valence-corrected chi connectivity index (χ2v) is 4.83. The monoisotopic (exact) mass is 197 g/mol. The number of Topliss-reactive ketones (excluding diaryl/α,β-unsaturated/α-hetero) is 1. The summed E-state index contributed by atoms with van der Waals surface area (Å²) in [5.41, 5.74) is -0.323. The molecule has 3 heteroatoms. The maximum absolute atomic E-state index is 11.9. The highest BCUT2D eigenvalue weighted by Gasteiger charge is 2.39. The Morgan fingerprint density at radius 1 is 1.50 bits per heavy atom. The molecule has 0 bridgehead atoms. The number of ketones is 1. The van der Waals surface area contributed by atoms with Gasteiger partial charge in [0.05, 0.1) is 0 Å². The van der Waals surface area contributed by atoms with Crippen LogP contribution in [0.5, 0.6) is 0 Å². The SMILES string of the molecule is CC(C)C(=O)C1(C)CCC(=O)N(C)C1. The standard InChI is InChI=1S/C11H19NO2/c1-8(2)10(14)11(3)6-5-9(13)12(4)7-11/h8H,5-7H2,1-4H3. The third-order valence-corrected chi connectivity index (χ3v) is 3.02. The average Bonchev–Trinajstić information content (AvgIpc) is 2.11. The topological polar surface area (TPSA) is 37.4 Å². The summed E-state index contributed by atoms with van der Waals surface area (Å²) >= 11 is 0. The first-order valence-corrected chi connectivity index (χ1v) is 5.15. The van der Waals surface area contributed by atoms with Crippen molar-refractivity contribution in [3.05, 3.63) is 0 Å². The minimum absolute atomic E-state index is 0.0570. The van der Waals surface area contributed by atoms with E-state index in [-0.39, 0.29) is 23.0 Å². The van der Waals surface area contributed by atoms with Crippen LogP contribution in [0.2, 0.25) is 0 Å². The first kappa shape index (κ1) is 11.2. The minimum atomic E-state index is -0.323. The molecule has 1 unspecified atom stereocenters. The number of amides is 1. The summed E-state index contributed by atoms with van der Waals surface area (Å²) in [5.74, 6) is 0.484. The molecule has 1 saturated heterocycles. The predicted molar refractivity (Wildman–Crippen MR) is 54.8 cm³/mol. The van der Waals surface area contributed by atoms with E-state index in [1.165, 1.54) is 0 Å². The Bertz CT molecular complexity index is 260. The molecule has 0 radical (unpaired) electrons. The van der Waals surface area contributed by atoms with Crippen LogP contribution in [0.15, 0.2) is 0 Å². The van der Waals surface area contributed by atoms with Gasteiger partial charge in [0.1, 0.15) is 5.78 Å². The highest BCUT2D eigenvalue weighted by molar-refractivity contribution is 5.89. The van der Waals surface area contributed by atoms with Gasteiger partial charge in [0.2, 0.25) is 5.91 Å². The van der Waals surface area contributed by atoms with Crippen LogP contribution in [-0.4, -0.2) is 30.2 Å². The lowest BCUT2D eigenvalue weighted by Crippen LogP contribution is -2.48. The van der Waals surface area contributed by atoms with Gasteiger partial charge in [-0.3, -0.25) is 9.59 Å². The Morgan fingerprint density at radius 3 is 2.50 bits per heavy atom. The fourth-order valence-corrected chi connectivity index (χ4v) is 2.16. The van der Waals surface area contributed by atoms with E-state index >= 15 is 0 Å². The van der Waals surface area contributed by atoms with E-state index in [0.29, 0.717) is 19.4 Å². The molecule has 0 aromatic heterocycles. The van der Waals surface area contributed by atoms with Gasteiger partial charge in [-0.05, 0) is 6.42 Å². The first-order valence-electron chi connectivity index (χ1n) is 5.15. The van der Waals surface area contributed by atoms with Crippen LogP contribution in [0.4, 0.5) is 0 Å². The van der Waals surface area contributed by atoms with Crippen molar-refractivity contribution < 1.29 is 9.59 Å². The lowest BCUT2D eigenvalue weighted by molar-refractivity contribution is -0.142. The molecule has 1 aliphatic rings. The van der Waals surface area contributed by atoms with Crippen molar-refractivity contribution in [2.45, 2.75) is 33.6 Å². The Balaban J connectivity index is 2.77. The van der Waals surface area contributed by atoms with E-state index in [9.17, 15) is 9.59 Å². The Kier molecular flexibility index (Phi) is 2.98. The summed E-state index contributed by atoms with van der Waals surface area (Å²) in [6.45, 7) is 6.38. The van der Waals surface area contributed by atoms with Crippen molar-refractivity contribution in [3.63, 3.8) is 0 Å². The molecular formula is C11H19NO2. The lowest BCUT2D eigenvalue weighted by atomic mass is 9.74. The Labute approximate surface area is 85.5 Å². The fraction of sp³-hybridized carbons (Fsp3) is 0.818. The normalized spacial score (nSPS) is 28.4. The second-order valence-electron chi connectivity index (χ2n) is 4.83. The van der Waals surface area contributed by atoms with Crippen molar-refractivity contribution in [2.75, 3.05) is 13.6 Å². The third kappa shape index (κ3) is 1.97. The van der Waals surface area contributed by atoms with Gasteiger partial charge >= 0.3 is 0 Å². The average molecular weight is 197 g/mol. The summed E-state index contributed by atoms with van der Waals surface area (Å²) in [7, 11) is 1.77. The summed E-state index contributed by atoms with van der Waals surface area (Å²) in [4.78, 5) is 24.9. The maximum Gasteiger partial charge on any atom is 0.222 e. The Morgan fingerprint density at radius 2 is 2.07 bits per heavy atom. The predicted octanol–water partition coefficient (Wildman–Crippen LogP) is 1.47. The van der Waals surface area contributed by atoms with Gasteiger partial charge in [-0.15, -0.1) is 0 Å². The van der Waals surface area contributed by atoms with E-state index in [1.54, 1.807) is 11.9 Å². The summed E-state index contributed by atoms with van der Waals surface area (Å²) in [6.07, 6.45) is 1.21. The van der Waals surface area contributed by atoms with Crippen LogP contribution in [0, 0.1) is 11.3 Å². The van der Waals surface area contributed by atoms with E-state index in [2.05, 4.69) is 0 Å². The van der Waals surface area contributed by atoms with E-state index in [4.69, 9.17) is 0 Å². The summed E-state index contributed by atoms with van der Waals surface area (Å²) in [6, 6.07) is 0. The van der Waals surface area contributed by atoms with E-state index in [0.717, 1.165) is 0 Å². The molecule has 0 saturated carbocycles. The molecule has 0 aliphatic carbocycles. The maximum atomic E-state index is 11.9. The molecule has 0 N–H and O–H groups in total. The molecule has 1 rings (SSSR count). The molecule has 1 aliphatic heterocycles. The van der Waals surface area contributed by atoms with Crippen LogP contribution in [-0.2, 0) is 9.59 Å². The number of hydrogen-bond acceptors (Lipinski definition) is 2. The van der Waals surface area contributed by atoms with Crippen molar-refractivity contribution in [3.8, 4) is 0 Å². The molecule has 1 fully saturated rings. The van der Waals surface area contributed by atoms with Crippen molar-refractivity contribution in [1.29, 1.82) is 0 Å². The lowest BCUT2D eigenvalue weighted by Gasteiger charge is -2.38. The van der Waals surface area contributed by atoms with Crippen LogP contribution < -0.4 is 0 Å². The van der Waals surface area contributed by atoms with Gasteiger partial charge in [-0.2, -0.15) is 0 Å². The Hall–Kier alpha value is -0.860. The number of piperidine rings is 1. The minimum Gasteiger partial charge on any atom is -0.345 e. The number of carbonyl (C=O) groups is 2. The molecule has 0 spiro atoms. The number of rotatable bonds is 2. The second kappa shape index (κ2) is 3.71. The molecule has 1 atom stereocenters. The third-order valence-electron chi connectivity index (χ3n) is 3.02. The van der Waals surface area contributed by atoms with E-state index < -0.39 is 0 Å². The number of likely N-dealkylation sites (tertiary alicyclic amines) is 1. The van der Waals surface area contributed by atoms with Gasteiger partial charge in [0.25, 0.3) is 0 Å². The molecule has 3 nitrogen and oxygen atoms in total. The zero-order valence-corrected chi connectivity index (χ0v) is 9.46. The fourth-order valence-electron chi connectivity index (χ4n) is 2.16. The van der Waals surface area contributed by atoms with Crippen LogP contribution in [0.25, 0.3) is 0 Å². The molecule has 0 aromatic carbocycles. The molecular weight excluding hydrogens is 178 g/mol. The van der Waals surface area contributed by atoms with E-state index in [1.807, 2.05) is 20.8 Å². The molecule has 0 aromatic rings. The van der Waals surface area contributed by atoms with Crippen molar-refractivity contribution in [1.82, 2.24) is 4.90 Å². The smallest absolute Gasteiger partial charge is 0.222 e. The van der Waals surface area contributed by atoms with Gasteiger partial charge in [-0.25, -0.2) is 0 Å². The van der Waals surface area contributed by atoms with Gasteiger partial charge in [0.15, 0.2) is 0 Å². The summed E-state index contributed by atoms with van der Waals surface area (Å²) < 4.78 is 0. The molecule has 1 amide bonds. The number of nitrogens with zero attached hydrogens (tertiary/aromatic N) is 1. The van der Waals surface area contributed by atoms with Gasteiger partial charge in [-0.1, -0.05) is 20.8 Å². The van der Waals surface area contributed by atoms with Crippen LogP contribution in [0.1, 0.15) is 33.6 Å². The molecule has 1 heterocycles. The largest absolute Gasteiger partial charge is 0.345 e. The van der Waals surface area contributed by atoms with Gasteiger partial charge in [0, 0.05) is 31.3 Å². The van der Waals surface area contributed by atoms with Crippen LogP contribution >= 0.6 is 0 Å². The quantitative estimate of drug-likeness (QED) is 0.672. The molecule has 80 valence electrons. The van der Waals surface area contributed by atoms with Crippen molar-refractivity contribution in [2.24, 2.45) is 11.3 Å². The zero-order valence-electron chi connectivity index (χ0n) is 9.46. The highest BCUT2D eigenvalue weighted by atomic mass is 16.2. The zero-order chi connectivity index (χ0) is 10.9. The van der Waals surface area contributed by atoms with Crippen molar-refractivity contribution >= 4 is 11.7 Å². The number of carbonyl (C=O) groups excluding carboxylic acids is 2. The number of hydrogen-bond donors (Lipinski definition) is 0. The highest BCUT2D eigenvalue weighted by Crippen LogP contribution is 2.32. The first-order chi connectivity index (χ1) is 6.37. The molecule has 14 heavy (non-hydrogen) atoms.